The fraction of sp³-hybridized carbons (Fsp3) is 0.682. The first-order valence-electron chi connectivity index (χ1n) is 9.97. The van der Waals surface area contributed by atoms with Gasteiger partial charge < -0.3 is 10.1 Å². The quantitative estimate of drug-likeness (QED) is 0.779. The zero-order valence-electron chi connectivity index (χ0n) is 16.4. The molecule has 0 heterocycles. The topological polar surface area (TPSA) is 38.3 Å². The Balaban J connectivity index is 1.92. The van der Waals surface area contributed by atoms with Crippen LogP contribution in [-0.4, -0.2) is 18.1 Å². The molecular formula is C22H35NO2. The number of amides is 1. The van der Waals surface area contributed by atoms with E-state index in [0.717, 1.165) is 18.6 Å². The highest BCUT2D eigenvalue weighted by atomic mass is 16.5. The number of hydrogen-bond donors (Lipinski definition) is 1. The number of rotatable bonds is 5. The van der Waals surface area contributed by atoms with Crippen molar-refractivity contribution in [3.63, 3.8) is 0 Å². The van der Waals surface area contributed by atoms with Crippen molar-refractivity contribution in [2.45, 2.75) is 96.6 Å². The molecule has 1 aliphatic rings. The van der Waals surface area contributed by atoms with Crippen LogP contribution in [0, 0.1) is 0 Å². The molecule has 1 amide bonds. The summed E-state index contributed by atoms with van der Waals surface area (Å²) < 4.78 is 5.98. The molecule has 0 unspecified atom stereocenters. The molecule has 25 heavy (non-hydrogen) atoms. The lowest BCUT2D eigenvalue weighted by atomic mass is 9.87. The molecule has 0 spiro atoms. The van der Waals surface area contributed by atoms with Gasteiger partial charge in [-0.2, -0.15) is 0 Å². The Hall–Kier alpha value is -1.51. The Kier molecular flexibility index (Phi) is 7.34. The molecule has 1 fully saturated rings. The Bertz CT molecular complexity index is 522. The number of carbonyl (C=O) groups excluding carboxylic acids is 1. The first kappa shape index (κ1) is 19.8. The van der Waals surface area contributed by atoms with Gasteiger partial charge in [-0.25, -0.2) is 0 Å². The van der Waals surface area contributed by atoms with E-state index in [1.807, 2.05) is 19.1 Å². The van der Waals surface area contributed by atoms with Crippen LogP contribution in [0.15, 0.2) is 24.3 Å². The van der Waals surface area contributed by atoms with Crippen molar-refractivity contribution in [1.82, 2.24) is 5.32 Å². The van der Waals surface area contributed by atoms with Crippen molar-refractivity contribution < 1.29 is 9.53 Å². The van der Waals surface area contributed by atoms with E-state index in [-0.39, 0.29) is 11.3 Å². The highest BCUT2D eigenvalue weighted by Gasteiger charge is 2.22. The summed E-state index contributed by atoms with van der Waals surface area (Å²) in [5, 5.41) is 3.23. The fourth-order valence-electron chi connectivity index (χ4n) is 3.41. The van der Waals surface area contributed by atoms with Crippen LogP contribution in [0.5, 0.6) is 5.75 Å². The summed E-state index contributed by atoms with van der Waals surface area (Å²) in [6.45, 7) is 8.59. The molecule has 0 bridgehead atoms. The highest BCUT2D eigenvalue weighted by molar-refractivity contribution is 5.81. The maximum absolute atomic E-state index is 12.6. The van der Waals surface area contributed by atoms with Crippen molar-refractivity contribution in [1.29, 1.82) is 0 Å². The van der Waals surface area contributed by atoms with Gasteiger partial charge in [0.05, 0.1) is 0 Å². The monoisotopic (exact) mass is 345 g/mol. The highest BCUT2D eigenvalue weighted by Crippen LogP contribution is 2.25. The minimum atomic E-state index is -0.411. The number of nitrogens with one attached hydrogen (secondary N) is 1. The lowest BCUT2D eigenvalue weighted by molar-refractivity contribution is -0.129. The molecule has 0 aromatic heterocycles. The molecule has 1 aromatic rings. The molecule has 3 heteroatoms. The Morgan fingerprint density at radius 1 is 1.08 bits per heavy atom. The molecule has 1 atom stereocenters. The van der Waals surface area contributed by atoms with Crippen molar-refractivity contribution in [3.8, 4) is 5.75 Å². The average Bonchev–Trinajstić information content (AvgIpc) is 2.54. The van der Waals surface area contributed by atoms with E-state index < -0.39 is 6.10 Å². The van der Waals surface area contributed by atoms with Gasteiger partial charge in [-0.15, -0.1) is 0 Å². The van der Waals surface area contributed by atoms with Crippen molar-refractivity contribution >= 4 is 5.91 Å². The molecule has 1 aromatic carbocycles. The van der Waals surface area contributed by atoms with Crippen LogP contribution in [-0.2, 0) is 10.2 Å². The van der Waals surface area contributed by atoms with Gasteiger partial charge in [-0.1, -0.05) is 71.9 Å². The SMILES string of the molecule is CC[C@@H](Oc1ccc(C(C)(C)C)cc1)C(=O)NC1CCCCCCC1. The molecular weight excluding hydrogens is 310 g/mol. The summed E-state index contributed by atoms with van der Waals surface area (Å²) in [7, 11) is 0. The fourth-order valence-corrected chi connectivity index (χ4v) is 3.41. The summed E-state index contributed by atoms with van der Waals surface area (Å²) in [6, 6.07) is 8.45. The maximum Gasteiger partial charge on any atom is 0.261 e. The third-order valence-electron chi connectivity index (χ3n) is 5.11. The Morgan fingerprint density at radius 3 is 2.16 bits per heavy atom. The first-order valence-corrected chi connectivity index (χ1v) is 9.97. The minimum absolute atomic E-state index is 0.0352. The number of ether oxygens (including phenoxy) is 1. The third-order valence-corrected chi connectivity index (χ3v) is 5.11. The molecule has 3 nitrogen and oxygen atoms in total. The second-order valence-corrected chi connectivity index (χ2v) is 8.34. The zero-order valence-corrected chi connectivity index (χ0v) is 16.4. The number of carbonyl (C=O) groups is 1. The van der Waals surface area contributed by atoms with Crippen LogP contribution in [0.25, 0.3) is 0 Å². The summed E-state index contributed by atoms with van der Waals surface area (Å²) >= 11 is 0. The Morgan fingerprint density at radius 2 is 1.64 bits per heavy atom. The van der Waals surface area contributed by atoms with E-state index in [2.05, 4.69) is 38.2 Å². The smallest absolute Gasteiger partial charge is 0.261 e. The second-order valence-electron chi connectivity index (χ2n) is 8.34. The van der Waals surface area contributed by atoms with Crippen LogP contribution in [0.1, 0.15) is 84.6 Å². The molecule has 1 N–H and O–H groups in total. The van der Waals surface area contributed by atoms with Gasteiger partial charge in [0.15, 0.2) is 6.10 Å². The molecule has 0 radical (unpaired) electrons. The van der Waals surface area contributed by atoms with Gasteiger partial charge in [0, 0.05) is 6.04 Å². The standard InChI is InChI=1S/C22H35NO2/c1-5-20(21(24)23-18-11-9-7-6-8-10-12-18)25-19-15-13-17(14-16-19)22(2,3)4/h13-16,18,20H,5-12H2,1-4H3,(H,23,24)/t20-/m1/s1. The summed E-state index contributed by atoms with van der Waals surface area (Å²) in [5.41, 5.74) is 1.39. The predicted molar refractivity (Wildman–Crippen MR) is 104 cm³/mol. The molecule has 1 saturated carbocycles. The summed E-state index contributed by atoms with van der Waals surface area (Å²) in [5.74, 6) is 0.806. The van der Waals surface area contributed by atoms with Crippen LogP contribution >= 0.6 is 0 Å². The van der Waals surface area contributed by atoms with Crippen molar-refractivity contribution in [3.05, 3.63) is 29.8 Å². The van der Waals surface area contributed by atoms with Gasteiger partial charge in [0.25, 0.3) is 5.91 Å². The minimum Gasteiger partial charge on any atom is -0.481 e. The van der Waals surface area contributed by atoms with Gasteiger partial charge in [0.1, 0.15) is 5.75 Å². The van der Waals surface area contributed by atoms with E-state index >= 15 is 0 Å². The van der Waals surface area contributed by atoms with E-state index in [4.69, 9.17) is 4.74 Å². The number of hydrogen-bond acceptors (Lipinski definition) is 2. The summed E-state index contributed by atoms with van der Waals surface area (Å²) in [6.07, 6.45) is 8.83. The van der Waals surface area contributed by atoms with Gasteiger partial charge in [-0.3, -0.25) is 4.79 Å². The number of benzene rings is 1. The predicted octanol–water partition coefficient (Wildman–Crippen LogP) is 5.37. The van der Waals surface area contributed by atoms with Crippen molar-refractivity contribution in [2.75, 3.05) is 0 Å². The van der Waals surface area contributed by atoms with E-state index in [1.165, 1.54) is 37.7 Å². The third kappa shape index (κ3) is 6.37. The van der Waals surface area contributed by atoms with E-state index in [0.29, 0.717) is 12.5 Å². The van der Waals surface area contributed by atoms with E-state index in [1.54, 1.807) is 0 Å². The molecule has 2 rings (SSSR count). The maximum atomic E-state index is 12.6. The van der Waals surface area contributed by atoms with Crippen LogP contribution < -0.4 is 10.1 Å². The first-order chi connectivity index (χ1) is 11.9. The zero-order chi connectivity index (χ0) is 18.3. The molecule has 0 saturated heterocycles. The Labute approximate surface area is 153 Å². The largest absolute Gasteiger partial charge is 0.481 e. The van der Waals surface area contributed by atoms with Gasteiger partial charge >= 0.3 is 0 Å². The molecule has 1 aliphatic carbocycles. The molecule has 0 aliphatic heterocycles. The van der Waals surface area contributed by atoms with Gasteiger partial charge in [-0.05, 0) is 42.4 Å². The lowest BCUT2D eigenvalue weighted by Gasteiger charge is -2.24. The summed E-state index contributed by atoms with van der Waals surface area (Å²) in [4.78, 5) is 12.6. The van der Waals surface area contributed by atoms with Gasteiger partial charge in [0.2, 0.25) is 0 Å². The molecule has 140 valence electrons. The van der Waals surface area contributed by atoms with Crippen LogP contribution in [0.4, 0.5) is 0 Å². The average molecular weight is 346 g/mol. The van der Waals surface area contributed by atoms with E-state index in [9.17, 15) is 4.79 Å². The normalized spacial score (nSPS) is 18.1. The van der Waals surface area contributed by atoms with Crippen LogP contribution in [0.3, 0.4) is 0 Å². The van der Waals surface area contributed by atoms with Crippen molar-refractivity contribution in [2.24, 2.45) is 0 Å². The van der Waals surface area contributed by atoms with Crippen LogP contribution in [0.2, 0.25) is 0 Å². The second kappa shape index (κ2) is 9.26. The lowest BCUT2D eigenvalue weighted by Crippen LogP contribution is -2.43.